The van der Waals surface area contributed by atoms with Gasteiger partial charge in [-0.25, -0.2) is 4.98 Å². The van der Waals surface area contributed by atoms with Crippen LogP contribution in [0.3, 0.4) is 0 Å². The first kappa shape index (κ1) is 18.3. The van der Waals surface area contributed by atoms with Gasteiger partial charge in [0.25, 0.3) is 0 Å². The Morgan fingerprint density at radius 1 is 1.04 bits per heavy atom. The molecule has 0 saturated carbocycles. The van der Waals surface area contributed by atoms with Crippen LogP contribution in [0.4, 0.5) is 11.4 Å². The number of aromatic nitrogens is 1. The molecule has 0 aliphatic carbocycles. The minimum Gasteiger partial charge on any atom is -0.370 e. The Labute approximate surface area is 173 Å². The Kier molecular flexibility index (Phi) is 4.93. The van der Waals surface area contributed by atoms with E-state index < -0.39 is 0 Å². The highest BCUT2D eigenvalue weighted by atomic mass is 35.5. The number of likely N-dealkylation sites (tertiary alicyclic amines) is 1. The molecule has 2 atom stereocenters. The van der Waals surface area contributed by atoms with Gasteiger partial charge in [-0.3, -0.25) is 4.90 Å². The lowest BCUT2D eigenvalue weighted by Crippen LogP contribution is -2.39. The molecule has 5 rings (SSSR count). The van der Waals surface area contributed by atoms with Gasteiger partial charge in [0, 0.05) is 50.1 Å². The van der Waals surface area contributed by atoms with Crippen molar-refractivity contribution in [1.29, 1.82) is 0 Å². The molecule has 0 amide bonds. The van der Waals surface area contributed by atoms with E-state index in [1.807, 2.05) is 6.07 Å². The van der Waals surface area contributed by atoms with Crippen LogP contribution in [-0.4, -0.2) is 48.1 Å². The highest BCUT2D eigenvalue weighted by Gasteiger charge is 2.33. The summed E-state index contributed by atoms with van der Waals surface area (Å²) in [5.74, 6) is 0. The molecular formula is C23H29ClN4. The van der Waals surface area contributed by atoms with Crippen LogP contribution in [0, 0.1) is 0 Å². The highest BCUT2D eigenvalue weighted by molar-refractivity contribution is 6.32. The van der Waals surface area contributed by atoms with Gasteiger partial charge in [-0.15, -0.1) is 0 Å². The molecule has 5 heteroatoms. The van der Waals surface area contributed by atoms with E-state index in [2.05, 4.69) is 50.9 Å². The summed E-state index contributed by atoms with van der Waals surface area (Å²) in [5.41, 5.74) is 5.35. The fraction of sp³-hybridized carbons (Fsp3) is 0.522. The number of hydrogen-bond donors (Lipinski definition) is 0. The van der Waals surface area contributed by atoms with Crippen LogP contribution in [0.25, 0.3) is 0 Å². The van der Waals surface area contributed by atoms with Crippen LogP contribution < -0.4 is 9.80 Å². The highest BCUT2D eigenvalue weighted by Crippen LogP contribution is 2.33. The van der Waals surface area contributed by atoms with Gasteiger partial charge < -0.3 is 9.80 Å². The van der Waals surface area contributed by atoms with E-state index in [4.69, 9.17) is 11.6 Å². The molecule has 28 heavy (non-hydrogen) atoms. The molecule has 2 aromatic rings. The summed E-state index contributed by atoms with van der Waals surface area (Å²) in [7, 11) is 0. The van der Waals surface area contributed by atoms with E-state index in [1.54, 1.807) is 6.20 Å². The molecular weight excluding hydrogens is 368 g/mol. The van der Waals surface area contributed by atoms with Gasteiger partial charge in [0.2, 0.25) is 0 Å². The molecule has 0 unspecified atom stereocenters. The third kappa shape index (κ3) is 3.37. The van der Waals surface area contributed by atoms with Crippen molar-refractivity contribution in [2.75, 3.05) is 36.0 Å². The standard InChI is InChI=1S/C23H29ClN4/c1-17-4-3-11-28(17)21-9-13-26(16-21)20-7-6-19-15-27(12-8-18(19)14-20)22-5-2-10-25-23(22)24/h2,5-7,10,14,17,21H,3-4,8-9,11-13,15-16H2,1H3/t17-,21-/m0/s1. The first-order valence-electron chi connectivity index (χ1n) is 10.7. The van der Waals surface area contributed by atoms with Gasteiger partial charge in [0.15, 0.2) is 5.15 Å². The summed E-state index contributed by atoms with van der Waals surface area (Å²) in [6.07, 6.45) is 6.85. The lowest BCUT2D eigenvalue weighted by Gasteiger charge is -2.32. The third-order valence-electron chi connectivity index (χ3n) is 6.88. The molecule has 3 aliphatic heterocycles. The zero-order valence-electron chi connectivity index (χ0n) is 16.6. The zero-order chi connectivity index (χ0) is 19.1. The molecule has 0 bridgehead atoms. The molecule has 148 valence electrons. The van der Waals surface area contributed by atoms with Crippen molar-refractivity contribution in [1.82, 2.24) is 9.88 Å². The second-order valence-corrected chi connectivity index (χ2v) is 8.91. The number of anilines is 2. The Bertz CT molecular complexity index is 854. The largest absolute Gasteiger partial charge is 0.370 e. The minimum atomic E-state index is 0.599. The van der Waals surface area contributed by atoms with E-state index in [9.17, 15) is 0 Å². The van der Waals surface area contributed by atoms with Gasteiger partial charge in [-0.1, -0.05) is 17.7 Å². The summed E-state index contributed by atoms with van der Waals surface area (Å²) < 4.78 is 0. The first-order valence-corrected chi connectivity index (χ1v) is 11.0. The maximum atomic E-state index is 6.31. The summed E-state index contributed by atoms with van der Waals surface area (Å²) in [6, 6.07) is 12.6. The van der Waals surface area contributed by atoms with Crippen LogP contribution in [0.5, 0.6) is 0 Å². The fourth-order valence-corrected chi connectivity index (χ4v) is 5.54. The molecule has 4 nitrogen and oxygen atoms in total. The topological polar surface area (TPSA) is 22.6 Å². The van der Waals surface area contributed by atoms with Crippen molar-refractivity contribution in [3.05, 3.63) is 52.8 Å². The SMILES string of the molecule is C[C@H]1CCCN1[C@H]1CCN(c2ccc3c(c2)CCN(c2cccnc2Cl)C3)C1. The van der Waals surface area contributed by atoms with E-state index >= 15 is 0 Å². The summed E-state index contributed by atoms with van der Waals surface area (Å²) in [5, 5.41) is 0.599. The van der Waals surface area contributed by atoms with Crippen molar-refractivity contribution in [3.8, 4) is 0 Å². The number of rotatable bonds is 3. The van der Waals surface area contributed by atoms with Gasteiger partial charge in [-0.05, 0) is 74.5 Å². The second-order valence-electron chi connectivity index (χ2n) is 8.56. The third-order valence-corrected chi connectivity index (χ3v) is 7.18. The molecule has 0 N–H and O–H groups in total. The van der Waals surface area contributed by atoms with Crippen molar-refractivity contribution >= 4 is 23.0 Å². The maximum Gasteiger partial charge on any atom is 0.152 e. The van der Waals surface area contributed by atoms with Crippen LogP contribution in [0.1, 0.15) is 37.3 Å². The Morgan fingerprint density at radius 3 is 2.79 bits per heavy atom. The van der Waals surface area contributed by atoms with Gasteiger partial charge in [-0.2, -0.15) is 0 Å². The average Bonchev–Trinajstić information content (AvgIpc) is 3.36. The molecule has 2 fully saturated rings. The predicted octanol–water partition coefficient (Wildman–Crippen LogP) is 4.36. The quantitative estimate of drug-likeness (QED) is 0.719. The number of benzene rings is 1. The van der Waals surface area contributed by atoms with Crippen LogP contribution in [-0.2, 0) is 13.0 Å². The summed E-state index contributed by atoms with van der Waals surface area (Å²) in [4.78, 5) is 11.9. The van der Waals surface area contributed by atoms with E-state index in [1.165, 1.54) is 55.7 Å². The number of pyridine rings is 1. The smallest absolute Gasteiger partial charge is 0.152 e. The number of nitrogens with zero attached hydrogens (tertiary/aromatic N) is 4. The molecule has 4 heterocycles. The molecule has 3 aliphatic rings. The number of halogens is 1. The Balaban J connectivity index is 1.29. The van der Waals surface area contributed by atoms with Crippen molar-refractivity contribution in [2.45, 2.75) is 51.2 Å². The van der Waals surface area contributed by atoms with Crippen molar-refractivity contribution in [3.63, 3.8) is 0 Å². The van der Waals surface area contributed by atoms with Gasteiger partial charge in [0.1, 0.15) is 0 Å². The molecule has 0 radical (unpaired) electrons. The van der Waals surface area contributed by atoms with Gasteiger partial charge >= 0.3 is 0 Å². The first-order chi connectivity index (χ1) is 13.7. The van der Waals surface area contributed by atoms with Crippen LogP contribution >= 0.6 is 11.6 Å². The van der Waals surface area contributed by atoms with E-state index in [0.29, 0.717) is 5.15 Å². The molecule has 1 aromatic heterocycles. The van der Waals surface area contributed by atoms with E-state index in [0.717, 1.165) is 37.3 Å². The fourth-order valence-electron chi connectivity index (χ4n) is 5.30. The monoisotopic (exact) mass is 396 g/mol. The average molecular weight is 397 g/mol. The normalized spacial score (nSPS) is 25.4. The number of hydrogen-bond acceptors (Lipinski definition) is 4. The minimum absolute atomic E-state index is 0.599. The lowest BCUT2D eigenvalue weighted by atomic mass is 9.98. The van der Waals surface area contributed by atoms with Crippen molar-refractivity contribution < 1.29 is 0 Å². The molecule has 2 saturated heterocycles. The van der Waals surface area contributed by atoms with E-state index in [-0.39, 0.29) is 0 Å². The Morgan fingerprint density at radius 2 is 1.96 bits per heavy atom. The predicted molar refractivity (Wildman–Crippen MR) is 116 cm³/mol. The van der Waals surface area contributed by atoms with Crippen LogP contribution in [0.2, 0.25) is 5.15 Å². The van der Waals surface area contributed by atoms with Crippen molar-refractivity contribution in [2.24, 2.45) is 0 Å². The number of fused-ring (bicyclic) bond motifs is 1. The molecule has 0 spiro atoms. The summed E-state index contributed by atoms with van der Waals surface area (Å²) in [6.45, 7) is 7.96. The Hall–Kier alpha value is -1.78. The second kappa shape index (κ2) is 7.57. The van der Waals surface area contributed by atoms with Crippen LogP contribution in [0.15, 0.2) is 36.5 Å². The lowest BCUT2D eigenvalue weighted by molar-refractivity contribution is 0.204. The maximum absolute atomic E-state index is 6.31. The van der Waals surface area contributed by atoms with Gasteiger partial charge in [0.05, 0.1) is 5.69 Å². The zero-order valence-corrected chi connectivity index (χ0v) is 17.4. The molecule has 1 aromatic carbocycles. The summed E-state index contributed by atoms with van der Waals surface area (Å²) >= 11 is 6.31.